The second kappa shape index (κ2) is 9.11. The number of hydrogen-bond donors (Lipinski definition) is 0. The van der Waals surface area contributed by atoms with Crippen LogP contribution in [0, 0.1) is 5.92 Å². The number of hydrogen-bond acceptors (Lipinski definition) is 4. The number of fused-ring (bicyclic) bond motifs is 1. The molecule has 4 rings (SSSR count). The first-order valence-electron chi connectivity index (χ1n) is 10.6. The highest BCUT2D eigenvalue weighted by atomic mass is 16.5. The average Bonchev–Trinajstić information content (AvgIpc) is 3.11. The summed E-state index contributed by atoms with van der Waals surface area (Å²) in [6, 6.07) is 18.1. The standard InChI is InChI=1S/C24H27N3O3/c1-2-30-24(29)19-11-8-14-26(16-19)23(28)17-27-21-13-7-6-12-20(21)25-22(27)15-18-9-4-3-5-10-18/h3-7,9-10,12-13,19H,2,8,11,14-17H2,1H3. The summed E-state index contributed by atoms with van der Waals surface area (Å²) >= 11 is 0. The smallest absolute Gasteiger partial charge is 0.310 e. The largest absolute Gasteiger partial charge is 0.466 e. The van der Waals surface area contributed by atoms with Gasteiger partial charge in [-0.2, -0.15) is 0 Å². The third-order valence-corrected chi connectivity index (χ3v) is 5.63. The van der Waals surface area contributed by atoms with E-state index in [1.807, 2.05) is 54.0 Å². The summed E-state index contributed by atoms with van der Waals surface area (Å²) in [6.45, 7) is 3.50. The van der Waals surface area contributed by atoms with Crippen molar-refractivity contribution in [2.75, 3.05) is 19.7 Å². The number of amides is 1. The van der Waals surface area contributed by atoms with E-state index in [1.165, 1.54) is 0 Å². The maximum absolute atomic E-state index is 13.2. The molecule has 6 nitrogen and oxygen atoms in total. The lowest BCUT2D eigenvalue weighted by Crippen LogP contribution is -2.44. The molecule has 30 heavy (non-hydrogen) atoms. The fourth-order valence-electron chi connectivity index (χ4n) is 4.11. The lowest BCUT2D eigenvalue weighted by molar-refractivity contribution is -0.151. The molecule has 156 valence electrons. The number of piperidine rings is 1. The first-order chi connectivity index (χ1) is 14.7. The number of carbonyl (C=O) groups is 2. The van der Waals surface area contributed by atoms with Gasteiger partial charge in [-0.15, -0.1) is 0 Å². The molecule has 1 aliphatic rings. The molecule has 1 fully saturated rings. The number of para-hydroxylation sites is 2. The van der Waals surface area contributed by atoms with Crippen LogP contribution in [0.5, 0.6) is 0 Å². The van der Waals surface area contributed by atoms with Crippen LogP contribution in [0.2, 0.25) is 0 Å². The minimum atomic E-state index is -0.231. The minimum Gasteiger partial charge on any atom is -0.466 e. The third kappa shape index (κ3) is 4.37. The van der Waals surface area contributed by atoms with E-state index in [0.717, 1.165) is 35.3 Å². The molecule has 1 aliphatic heterocycles. The van der Waals surface area contributed by atoms with E-state index in [9.17, 15) is 9.59 Å². The third-order valence-electron chi connectivity index (χ3n) is 5.63. The van der Waals surface area contributed by atoms with Gasteiger partial charge in [0, 0.05) is 19.5 Å². The molecule has 0 aliphatic carbocycles. The highest BCUT2D eigenvalue weighted by Crippen LogP contribution is 2.21. The van der Waals surface area contributed by atoms with E-state index in [1.54, 1.807) is 4.90 Å². The Bertz CT molecular complexity index is 1030. The number of aromatic nitrogens is 2. The normalized spacial score (nSPS) is 16.6. The first-order valence-corrected chi connectivity index (χ1v) is 10.6. The Morgan fingerprint density at radius 1 is 1.10 bits per heavy atom. The lowest BCUT2D eigenvalue weighted by Gasteiger charge is -2.31. The van der Waals surface area contributed by atoms with Gasteiger partial charge in [-0.3, -0.25) is 9.59 Å². The molecule has 2 aromatic carbocycles. The zero-order chi connectivity index (χ0) is 20.9. The van der Waals surface area contributed by atoms with Gasteiger partial charge in [0.15, 0.2) is 0 Å². The molecule has 1 aromatic heterocycles. The SMILES string of the molecule is CCOC(=O)C1CCCN(C(=O)Cn2c(Cc3ccccc3)nc3ccccc32)C1. The van der Waals surface area contributed by atoms with Crippen molar-refractivity contribution >= 4 is 22.9 Å². The number of esters is 1. The average molecular weight is 405 g/mol. The fraction of sp³-hybridized carbons (Fsp3) is 0.375. The maximum atomic E-state index is 13.2. The van der Waals surface area contributed by atoms with E-state index >= 15 is 0 Å². The van der Waals surface area contributed by atoms with E-state index in [2.05, 4.69) is 12.1 Å². The van der Waals surface area contributed by atoms with Crippen molar-refractivity contribution in [3.63, 3.8) is 0 Å². The summed E-state index contributed by atoms with van der Waals surface area (Å²) in [5.41, 5.74) is 3.00. The zero-order valence-electron chi connectivity index (χ0n) is 17.3. The Kier molecular flexibility index (Phi) is 6.12. The number of imidazole rings is 1. The van der Waals surface area contributed by atoms with Crippen molar-refractivity contribution in [3.05, 3.63) is 66.0 Å². The summed E-state index contributed by atoms with van der Waals surface area (Å²) in [5.74, 6) is 0.454. The predicted molar refractivity (Wildman–Crippen MR) is 115 cm³/mol. The number of ether oxygens (including phenoxy) is 1. The number of nitrogens with zero attached hydrogens (tertiary/aromatic N) is 3. The predicted octanol–water partition coefficient (Wildman–Crippen LogP) is 3.43. The van der Waals surface area contributed by atoms with Gasteiger partial charge >= 0.3 is 5.97 Å². The van der Waals surface area contributed by atoms with Crippen LogP contribution >= 0.6 is 0 Å². The van der Waals surface area contributed by atoms with Gasteiger partial charge in [0.05, 0.1) is 23.6 Å². The number of likely N-dealkylation sites (tertiary alicyclic amines) is 1. The van der Waals surface area contributed by atoms with Gasteiger partial charge in [0.25, 0.3) is 0 Å². The van der Waals surface area contributed by atoms with Crippen LogP contribution in [-0.4, -0.2) is 46.0 Å². The van der Waals surface area contributed by atoms with E-state index in [-0.39, 0.29) is 24.3 Å². The van der Waals surface area contributed by atoms with Gasteiger partial charge < -0.3 is 14.2 Å². The molecule has 1 saturated heterocycles. The van der Waals surface area contributed by atoms with Crippen LogP contribution in [0.4, 0.5) is 0 Å². The lowest BCUT2D eigenvalue weighted by atomic mass is 9.98. The molecule has 1 amide bonds. The van der Waals surface area contributed by atoms with Gasteiger partial charge in [-0.25, -0.2) is 4.98 Å². The van der Waals surface area contributed by atoms with Crippen molar-refractivity contribution in [1.82, 2.24) is 14.5 Å². The highest BCUT2D eigenvalue weighted by Gasteiger charge is 2.29. The van der Waals surface area contributed by atoms with E-state index in [0.29, 0.717) is 26.1 Å². The summed E-state index contributed by atoms with van der Waals surface area (Å²) in [7, 11) is 0. The van der Waals surface area contributed by atoms with Crippen molar-refractivity contribution < 1.29 is 14.3 Å². The summed E-state index contributed by atoms with van der Waals surface area (Å²) in [4.78, 5) is 31.9. The first kappa shape index (κ1) is 20.1. The molecule has 0 spiro atoms. The number of rotatable bonds is 6. The molecular formula is C24H27N3O3. The van der Waals surface area contributed by atoms with Crippen LogP contribution in [0.15, 0.2) is 54.6 Å². The van der Waals surface area contributed by atoms with Crippen LogP contribution < -0.4 is 0 Å². The van der Waals surface area contributed by atoms with Crippen molar-refractivity contribution in [1.29, 1.82) is 0 Å². The van der Waals surface area contributed by atoms with Crippen LogP contribution in [0.1, 0.15) is 31.2 Å². The minimum absolute atomic E-state index is 0.0152. The van der Waals surface area contributed by atoms with Crippen LogP contribution in [-0.2, 0) is 27.3 Å². The second-order valence-corrected chi connectivity index (χ2v) is 7.70. The molecular weight excluding hydrogens is 378 g/mol. The molecule has 3 aromatic rings. The number of benzene rings is 2. The highest BCUT2D eigenvalue weighted by molar-refractivity contribution is 5.82. The second-order valence-electron chi connectivity index (χ2n) is 7.70. The summed E-state index contributed by atoms with van der Waals surface area (Å²) < 4.78 is 7.18. The molecule has 0 radical (unpaired) electrons. The van der Waals surface area contributed by atoms with Gasteiger partial charge in [0.1, 0.15) is 12.4 Å². The molecule has 0 N–H and O–H groups in total. The summed E-state index contributed by atoms with van der Waals surface area (Å²) in [5, 5.41) is 0. The van der Waals surface area contributed by atoms with Crippen molar-refractivity contribution in [2.45, 2.75) is 32.7 Å². The van der Waals surface area contributed by atoms with Crippen LogP contribution in [0.3, 0.4) is 0 Å². The Labute approximate surface area is 176 Å². The Morgan fingerprint density at radius 3 is 2.67 bits per heavy atom. The molecule has 2 heterocycles. The van der Waals surface area contributed by atoms with Gasteiger partial charge in [-0.1, -0.05) is 42.5 Å². The molecule has 1 atom stereocenters. The van der Waals surface area contributed by atoms with Gasteiger partial charge in [0.2, 0.25) is 5.91 Å². The van der Waals surface area contributed by atoms with Crippen LogP contribution in [0.25, 0.3) is 11.0 Å². The topological polar surface area (TPSA) is 64.4 Å². The van der Waals surface area contributed by atoms with Gasteiger partial charge in [-0.05, 0) is 37.5 Å². The molecule has 0 saturated carbocycles. The summed E-state index contributed by atoms with van der Waals surface area (Å²) in [6.07, 6.45) is 2.25. The number of carbonyl (C=O) groups excluding carboxylic acids is 2. The maximum Gasteiger partial charge on any atom is 0.310 e. The van der Waals surface area contributed by atoms with Crippen molar-refractivity contribution in [3.8, 4) is 0 Å². The molecule has 1 unspecified atom stereocenters. The Hall–Kier alpha value is -3.15. The molecule has 0 bridgehead atoms. The Balaban J connectivity index is 1.56. The fourth-order valence-corrected chi connectivity index (χ4v) is 4.11. The zero-order valence-corrected chi connectivity index (χ0v) is 17.3. The monoisotopic (exact) mass is 405 g/mol. The van der Waals surface area contributed by atoms with Crippen molar-refractivity contribution in [2.24, 2.45) is 5.92 Å². The molecule has 6 heteroatoms. The quantitative estimate of drug-likeness (QED) is 0.590. The Morgan fingerprint density at radius 2 is 1.87 bits per heavy atom. The van der Waals surface area contributed by atoms with E-state index < -0.39 is 0 Å². The van der Waals surface area contributed by atoms with E-state index in [4.69, 9.17) is 9.72 Å².